The number of fused-ring (bicyclic) bond motifs is 5. The molecular weight excluding hydrogens is 647 g/mol. The summed E-state index contributed by atoms with van der Waals surface area (Å²) < 4.78 is 0.682. The summed E-state index contributed by atoms with van der Waals surface area (Å²) in [6, 6.07) is 39.2. The Morgan fingerprint density at radius 1 is 0.667 bits per heavy atom. The molecule has 0 N–H and O–H groups in total. The molecule has 0 radical (unpaired) electrons. The average molecular weight is 683 g/mol. The predicted molar refractivity (Wildman–Crippen MR) is 171 cm³/mol. The van der Waals surface area contributed by atoms with E-state index in [1.807, 2.05) is 0 Å². The fraction of sp³-hybridized carbons (Fsp3) is 0.211. The van der Waals surface area contributed by atoms with E-state index in [-0.39, 0.29) is 24.8 Å². The van der Waals surface area contributed by atoms with Gasteiger partial charge in [-0.1, -0.05) is 0 Å². The van der Waals surface area contributed by atoms with Crippen LogP contribution in [0.3, 0.4) is 0 Å². The summed E-state index contributed by atoms with van der Waals surface area (Å²) in [6.07, 6.45) is 3.74. The molecular formula is C38H36Cl2SiZr. The Bertz CT molecular complexity index is 1780. The fourth-order valence-electron chi connectivity index (χ4n) is 7.18. The monoisotopic (exact) mass is 680 g/mol. The van der Waals surface area contributed by atoms with E-state index < -0.39 is 28.3 Å². The third-order valence-corrected chi connectivity index (χ3v) is 19.0. The van der Waals surface area contributed by atoms with Gasteiger partial charge in [0.05, 0.1) is 0 Å². The molecule has 5 aromatic rings. The van der Waals surface area contributed by atoms with Gasteiger partial charge in [-0.15, -0.1) is 0 Å². The molecule has 0 aromatic heterocycles. The average Bonchev–Trinajstić information content (AvgIpc) is 3.53. The molecule has 210 valence electrons. The van der Waals surface area contributed by atoms with E-state index in [2.05, 4.69) is 136 Å². The second kappa shape index (κ2) is 12.8. The Balaban J connectivity index is 0.00000176. The summed E-state index contributed by atoms with van der Waals surface area (Å²) in [4.78, 5) is 0. The Hall–Kier alpha value is -2.22. The molecule has 0 bridgehead atoms. The summed E-state index contributed by atoms with van der Waals surface area (Å²) >= 11 is -0.557. The van der Waals surface area contributed by atoms with Crippen molar-refractivity contribution in [3.05, 3.63) is 137 Å². The molecule has 0 aliphatic heterocycles. The Morgan fingerprint density at radius 2 is 1.26 bits per heavy atom. The molecule has 3 unspecified atom stereocenters. The SMILES string of the molecule is CCC(C)C1=Cc2c(-c3cccc4ccccc34)cccc2C1c1cccc2c1[CH]([Zr+2][SiH](C)C)c1ccccc1-2.[Cl-].[Cl-]. The van der Waals surface area contributed by atoms with Gasteiger partial charge in [-0.05, 0) is 0 Å². The van der Waals surface area contributed by atoms with Crippen LogP contribution in [0.5, 0.6) is 0 Å². The molecule has 2 aliphatic carbocycles. The molecule has 42 heavy (non-hydrogen) atoms. The Morgan fingerprint density at radius 3 is 2.05 bits per heavy atom. The fourth-order valence-corrected chi connectivity index (χ4v) is 17.1. The van der Waals surface area contributed by atoms with Gasteiger partial charge < -0.3 is 24.8 Å². The molecule has 2 aliphatic rings. The predicted octanol–water partition coefficient (Wildman–Crippen LogP) is 4.23. The maximum Gasteiger partial charge on any atom is -1.00 e. The molecule has 0 amide bonds. The van der Waals surface area contributed by atoms with Crippen LogP contribution < -0.4 is 24.8 Å². The molecule has 0 saturated heterocycles. The number of halogens is 2. The van der Waals surface area contributed by atoms with Crippen LogP contribution in [0.1, 0.15) is 57.6 Å². The smallest absolute Gasteiger partial charge is 1.00 e. The molecule has 0 nitrogen and oxygen atoms in total. The number of hydrogen-bond acceptors (Lipinski definition) is 0. The molecule has 0 heterocycles. The first-order valence-corrected chi connectivity index (χ1v) is 23.4. The molecule has 0 fully saturated rings. The van der Waals surface area contributed by atoms with Crippen molar-refractivity contribution >= 4 is 22.8 Å². The molecule has 4 heteroatoms. The minimum absolute atomic E-state index is 0. The van der Waals surface area contributed by atoms with Gasteiger partial charge in [0, 0.05) is 0 Å². The summed E-state index contributed by atoms with van der Waals surface area (Å²) in [5, 5.41) is 2.65. The second-order valence-electron chi connectivity index (χ2n) is 11.9. The van der Waals surface area contributed by atoms with Gasteiger partial charge >= 0.3 is 253 Å². The van der Waals surface area contributed by atoms with Crippen molar-refractivity contribution in [1.29, 1.82) is 0 Å². The number of rotatable bonds is 6. The summed E-state index contributed by atoms with van der Waals surface area (Å²) in [5.74, 6) is 0.248. The van der Waals surface area contributed by atoms with E-state index in [1.165, 1.54) is 44.2 Å². The maximum atomic E-state index is 2.58. The van der Waals surface area contributed by atoms with Crippen LogP contribution in [0.4, 0.5) is 0 Å². The van der Waals surface area contributed by atoms with E-state index in [4.69, 9.17) is 0 Å². The minimum Gasteiger partial charge on any atom is -1.00 e. The zero-order valence-corrected chi connectivity index (χ0v) is 29.8. The van der Waals surface area contributed by atoms with E-state index in [0.29, 0.717) is 15.5 Å². The quantitative estimate of drug-likeness (QED) is 0.236. The van der Waals surface area contributed by atoms with Crippen molar-refractivity contribution in [3.8, 4) is 22.3 Å². The van der Waals surface area contributed by atoms with Gasteiger partial charge in [0.2, 0.25) is 0 Å². The minimum atomic E-state index is -0.622. The first kappa shape index (κ1) is 31.2. The zero-order chi connectivity index (χ0) is 27.4. The zero-order valence-electron chi connectivity index (χ0n) is 24.7. The summed E-state index contributed by atoms with van der Waals surface area (Å²) in [6.45, 7) is 9.96. The van der Waals surface area contributed by atoms with Crippen molar-refractivity contribution in [3.63, 3.8) is 0 Å². The van der Waals surface area contributed by atoms with Crippen LogP contribution in [0.15, 0.2) is 109 Å². The molecule has 3 atom stereocenters. The summed E-state index contributed by atoms with van der Waals surface area (Å²) in [5.41, 5.74) is 15.1. The van der Waals surface area contributed by atoms with Crippen LogP contribution in [0, 0.1) is 5.92 Å². The van der Waals surface area contributed by atoms with E-state index in [0.717, 1.165) is 6.42 Å². The third-order valence-electron chi connectivity index (χ3n) is 9.16. The van der Waals surface area contributed by atoms with Crippen LogP contribution >= 0.6 is 0 Å². The molecule has 7 rings (SSSR count). The van der Waals surface area contributed by atoms with Gasteiger partial charge in [-0.2, -0.15) is 0 Å². The van der Waals surface area contributed by atoms with Crippen LogP contribution in [-0.4, -0.2) is 5.92 Å². The van der Waals surface area contributed by atoms with Crippen molar-refractivity contribution in [2.45, 2.75) is 42.9 Å². The van der Waals surface area contributed by atoms with E-state index >= 15 is 0 Å². The maximum absolute atomic E-state index is 2.58. The first-order chi connectivity index (χ1) is 19.6. The normalized spacial score (nSPS) is 16.9. The van der Waals surface area contributed by atoms with Crippen LogP contribution in [0.2, 0.25) is 13.1 Å². The van der Waals surface area contributed by atoms with Gasteiger partial charge in [-0.3, -0.25) is 0 Å². The van der Waals surface area contributed by atoms with Gasteiger partial charge in [0.1, 0.15) is 0 Å². The van der Waals surface area contributed by atoms with E-state index in [1.54, 1.807) is 22.3 Å². The Labute approximate surface area is 275 Å². The third kappa shape index (κ3) is 5.13. The van der Waals surface area contributed by atoms with Crippen LogP contribution in [0.25, 0.3) is 39.1 Å². The van der Waals surface area contributed by atoms with Crippen molar-refractivity contribution in [2.24, 2.45) is 5.92 Å². The van der Waals surface area contributed by atoms with Crippen molar-refractivity contribution in [1.82, 2.24) is 0 Å². The van der Waals surface area contributed by atoms with E-state index in [9.17, 15) is 0 Å². The number of hydrogen-bond donors (Lipinski definition) is 0. The summed E-state index contributed by atoms with van der Waals surface area (Å²) in [7, 11) is 0. The number of allylic oxidation sites excluding steroid dienone is 1. The van der Waals surface area contributed by atoms with Gasteiger partial charge in [0.25, 0.3) is 0 Å². The van der Waals surface area contributed by atoms with Gasteiger partial charge in [0.15, 0.2) is 0 Å². The second-order valence-corrected chi connectivity index (χ2v) is 26.9. The molecule has 0 spiro atoms. The number of benzene rings is 5. The molecule has 0 saturated carbocycles. The standard InChI is InChI=1S/C36H29.C2H7Si.2ClH.Zr/c1-3-23(2)33-22-35-30(28-16-8-13-24-11-4-6-14-26(24)28)18-10-20-32(35)36(33)31-19-9-17-29-27-15-7-5-12-25(27)21-34(29)31;1-3-2;;;/h4-23,36H,3H2,1-2H3;3H,1-2H3;2*1H;/q;;;;+2/p-2. The van der Waals surface area contributed by atoms with Gasteiger partial charge in [-0.25, -0.2) is 0 Å². The van der Waals surface area contributed by atoms with Crippen LogP contribution in [-0.2, 0) is 22.4 Å². The first-order valence-electron chi connectivity index (χ1n) is 14.9. The Kier molecular flexibility index (Phi) is 9.51. The molecule has 5 aromatic carbocycles. The topological polar surface area (TPSA) is 0 Å². The van der Waals surface area contributed by atoms with Crippen molar-refractivity contribution < 1.29 is 47.2 Å². The van der Waals surface area contributed by atoms with Crippen molar-refractivity contribution in [2.75, 3.05) is 0 Å². The largest absolute Gasteiger partial charge is 1.00 e.